The minimum Gasteiger partial charge on any atom is -0.390 e. The van der Waals surface area contributed by atoms with Crippen molar-refractivity contribution >= 4 is 0 Å². The highest BCUT2D eigenvalue weighted by Gasteiger charge is 2.19. The second-order valence-corrected chi connectivity index (χ2v) is 4.70. The quantitative estimate of drug-likeness (QED) is 0.678. The summed E-state index contributed by atoms with van der Waals surface area (Å²) in [4.78, 5) is 2.37. The highest BCUT2D eigenvalue weighted by atomic mass is 16.3. The lowest BCUT2D eigenvalue weighted by Gasteiger charge is -2.28. The van der Waals surface area contributed by atoms with Crippen LogP contribution in [0.25, 0.3) is 0 Å². The molecule has 0 aromatic carbocycles. The van der Waals surface area contributed by atoms with Crippen LogP contribution in [0.2, 0.25) is 0 Å². The molecule has 1 unspecified atom stereocenters. The molecule has 2 fully saturated rings. The molecular weight excluding hydrogens is 176 g/mol. The van der Waals surface area contributed by atoms with Crippen molar-refractivity contribution in [3.05, 3.63) is 0 Å². The van der Waals surface area contributed by atoms with Crippen LogP contribution in [0.15, 0.2) is 0 Å². The van der Waals surface area contributed by atoms with E-state index >= 15 is 0 Å². The van der Waals surface area contributed by atoms with E-state index in [0.717, 1.165) is 13.1 Å². The van der Waals surface area contributed by atoms with E-state index in [1.807, 2.05) is 0 Å². The number of hydrogen-bond donors (Lipinski definition) is 2. The summed E-state index contributed by atoms with van der Waals surface area (Å²) in [6, 6.07) is 0.697. The first-order valence-corrected chi connectivity index (χ1v) is 5.98. The lowest BCUT2D eigenvalue weighted by molar-refractivity contribution is 0.116. The molecular formula is C11H22N2O. The number of nitrogens with one attached hydrogen (secondary N) is 1. The topological polar surface area (TPSA) is 35.5 Å². The van der Waals surface area contributed by atoms with Gasteiger partial charge in [0.25, 0.3) is 0 Å². The number of hydrogen-bond acceptors (Lipinski definition) is 3. The Kier molecular flexibility index (Phi) is 3.79. The van der Waals surface area contributed by atoms with Crippen molar-refractivity contribution < 1.29 is 5.11 Å². The fourth-order valence-electron chi connectivity index (χ4n) is 2.24. The van der Waals surface area contributed by atoms with Crippen molar-refractivity contribution in [1.82, 2.24) is 10.2 Å². The third-order valence-corrected chi connectivity index (χ3v) is 3.41. The van der Waals surface area contributed by atoms with E-state index < -0.39 is 0 Å². The van der Waals surface area contributed by atoms with Gasteiger partial charge in [-0.2, -0.15) is 0 Å². The summed E-state index contributed by atoms with van der Waals surface area (Å²) >= 11 is 0. The number of aliphatic hydroxyl groups excluding tert-OH is 1. The van der Waals surface area contributed by atoms with Gasteiger partial charge in [-0.1, -0.05) is 6.42 Å². The van der Waals surface area contributed by atoms with Crippen LogP contribution in [-0.2, 0) is 0 Å². The monoisotopic (exact) mass is 198 g/mol. The molecule has 1 saturated carbocycles. The summed E-state index contributed by atoms with van der Waals surface area (Å²) in [6.45, 7) is 4.00. The van der Waals surface area contributed by atoms with Gasteiger partial charge >= 0.3 is 0 Å². The van der Waals surface area contributed by atoms with E-state index in [2.05, 4.69) is 10.2 Å². The summed E-state index contributed by atoms with van der Waals surface area (Å²) in [6.07, 6.45) is 6.41. The number of nitrogens with zero attached hydrogens (tertiary/aromatic N) is 1. The third kappa shape index (κ3) is 2.94. The molecule has 0 aromatic heterocycles. The largest absolute Gasteiger partial charge is 0.390 e. The first kappa shape index (κ1) is 10.4. The van der Waals surface area contributed by atoms with E-state index in [4.69, 9.17) is 0 Å². The highest BCUT2D eigenvalue weighted by Crippen LogP contribution is 2.17. The van der Waals surface area contributed by atoms with Gasteiger partial charge in [0.15, 0.2) is 0 Å². The molecule has 1 heterocycles. The number of rotatable bonds is 5. The van der Waals surface area contributed by atoms with Gasteiger partial charge in [0.05, 0.1) is 6.10 Å². The maximum absolute atomic E-state index is 9.77. The fourth-order valence-corrected chi connectivity index (χ4v) is 2.24. The molecule has 3 heteroatoms. The Morgan fingerprint density at radius 1 is 1.21 bits per heavy atom. The van der Waals surface area contributed by atoms with E-state index in [-0.39, 0.29) is 6.10 Å². The van der Waals surface area contributed by atoms with Crippen LogP contribution in [-0.4, -0.2) is 48.3 Å². The molecule has 0 aromatic rings. The van der Waals surface area contributed by atoms with Crippen LogP contribution in [0, 0.1) is 0 Å². The third-order valence-electron chi connectivity index (χ3n) is 3.41. The highest BCUT2D eigenvalue weighted by molar-refractivity contribution is 4.79. The standard InChI is InChI=1S/C11H22N2O/c14-11(8-12-10-4-3-5-10)9-13-6-1-2-7-13/h10-12,14H,1-9H2. The Labute approximate surface area is 86.5 Å². The van der Waals surface area contributed by atoms with Gasteiger partial charge < -0.3 is 15.3 Å². The smallest absolute Gasteiger partial charge is 0.0791 e. The zero-order valence-corrected chi connectivity index (χ0v) is 8.91. The second kappa shape index (κ2) is 5.10. The van der Waals surface area contributed by atoms with Gasteiger partial charge in [0.1, 0.15) is 0 Å². The molecule has 0 amide bonds. The van der Waals surface area contributed by atoms with Crippen LogP contribution in [0.1, 0.15) is 32.1 Å². The van der Waals surface area contributed by atoms with Crippen molar-refractivity contribution in [3.63, 3.8) is 0 Å². The van der Waals surface area contributed by atoms with Crippen LogP contribution >= 0.6 is 0 Å². The van der Waals surface area contributed by atoms with Gasteiger partial charge in [-0.25, -0.2) is 0 Å². The Morgan fingerprint density at radius 2 is 1.93 bits per heavy atom. The van der Waals surface area contributed by atoms with Gasteiger partial charge in [0.2, 0.25) is 0 Å². The average Bonchev–Trinajstić information content (AvgIpc) is 2.54. The Morgan fingerprint density at radius 3 is 2.50 bits per heavy atom. The van der Waals surface area contributed by atoms with E-state index in [9.17, 15) is 5.11 Å². The van der Waals surface area contributed by atoms with Crippen molar-refractivity contribution in [3.8, 4) is 0 Å². The molecule has 2 N–H and O–H groups in total. The zero-order valence-electron chi connectivity index (χ0n) is 8.91. The SMILES string of the molecule is OC(CNC1CCC1)CN1CCCC1. The summed E-state index contributed by atoms with van der Waals surface area (Å²) in [5.41, 5.74) is 0. The average molecular weight is 198 g/mol. The lowest BCUT2D eigenvalue weighted by atomic mass is 9.93. The predicted molar refractivity (Wildman–Crippen MR) is 57.3 cm³/mol. The van der Waals surface area contributed by atoms with Crippen molar-refractivity contribution in [1.29, 1.82) is 0 Å². The molecule has 2 aliphatic rings. The van der Waals surface area contributed by atoms with Gasteiger partial charge in [-0.15, -0.1) is 0 Å². The minimum atomic E-state index is -0.173. The molecule has 0 bridgehead atoms. The van der Waals surface area contributed by atoms with Gasteiger partial charge in [-0.05, 0) is 38.8 Å². The molecule has 0 radical (unpaired) electrons. The van der Waals surface area contributed by atoms with Crippen LogP contribution in [0.3, 0.4) is 0 Å². The van der Waals surface area contributed by atoms with Crippen molar-refractivity contribution in [2.75, 3.05) is 26.2 Å². The van der Waals surface area contributed by atoms with Crippen LogP contribution in [0.5, 0.6) is 0 Å². The maximum atomic E-state index is 9.77. The number of β-amino-alcohol motifs (C(OH)–C–C–N with tert-alkyl or cyclic N) is 1. The number of likely N-dealkylation sites (tertiary alicyclic amines) is 1. The zero-order chi connectivity index (χ0) is 9.80. The van der Waals surface area contributed by atoms with E-state index in [1.165, 1.54) is 45.2 Å². The van der Waals surface area contributed by atoms with E-state index in [0.29, 0.717) is 6.04 Å². The molecule has 2 rings (SSSR count). The van der Waals surface area contributed by atoms with Crippen molar-refractivity contribution in [2.24, 2.45) is 0 Å². The van der Waals surface area contributed by atoms with Gasteiger partial charge in [0, 0.05) is 19.1 Å². The van der Waals surface area contributed by atoms with Crippen LogP contribution in [0.4, 0.5) is 0 Å². The molecule has 1 aliphatic heterocycles. The molecule has 3 nitrogen and oxygen atoms in total. The normalized spacial score (nSPS) is 26.4. The summed E-state index contributed by atoms with van der Waals surface area (Å²) in [7, 11) is 0. The van der Waals surface area contributed by atoms with Crippen molar-refractivity contribution in [2.45, 2.75) is 44.2 Å². The molecule has 1 saturated heterocycles. The fraction of sp³-hybridized carbons (Fsp3) is 1.00. The molecule has 14 heavy (non-hydrogen) atoms. The maximum Gasteiger partial charge on any atom is 0.0791 e. The first-order chi connectivity index (χ1) is 6.84. The summed E-state index contributed by atoms with van der Waals surface area (Å²) < 4.78 is 0. The second-order valence-electron chi connectivity index (χ2n) is 4.70. The summed E-state index contributed by atoms with van der Waals surface area (Å²) in [5, 5.41) is 13.2. The van der Waals surface area contributed by atoms with Gasteiger partial charge in [-0.3, -0.25) is 0 Å². The lowest BCUT2D eigenvalue weighted by Crippen LogP contribution is -2.43. The Bertz CT molecular complexity index is 165. The molecule has 1 atom stereocenters. The number of aliphatic hydroxyl groups is 1. The first-order valence-electron chi connectivity index (χ1n) is 5.98. The molecule has 0 spiro atoms. The Balaban J connectivity index is 1.55. The predicted octanol–water partition coefficient (Wildman–Crippen LogP) is 0.585. The summed E-state index contributed by atoms with van der Waals surface area (Å²) in [5.74, 6) is 0. The molecule has 1 aliphatic carbocycles. The van der Waals surface area contributed by atoms with E-state index in [1.54, 1.807) is 0 Å². The van der Waals surface area contributed by atoms with Crippen LogP contribution < -0.4 is 5.32 Å². The minimum absolute atomic E-state index is 0.173. The Hall–Kier alpha value is -0.120. The molecule has 82 valence electrons.